The highest BCUT2D eigenvalue weighted by Gasteiger charge is 2.14. The molecule has 1 aromatic carbocycles. The number of hydrogen-bond acceptors (Lipinski definition) is 3. The van der Waals surface area contributed by atoms with Crippen molar-refractivity contribution in [2.45, 2.75) is 32.7 Å². The molecule has 0 aliphatic carbocycles. The van der Waals surface area contributed by atoms with E-state index in [4.69, 9.17) is 9.47 Å². The normalized spacial score (nSPS) is 14.2. The first-order valence-electron chi connectivity index (χ1n) is 6.64. The molecule has 0 aliphatic heterocycles. The second-order valence-electron chi connectivity index (χ2n) is 4.53. The van der Waals surface area contributed by atoms with Crippen molar-refractivity contribution in [1.29, 1.82) is 0 Å². The van der Waals surface area contributed by atoms with Crippen LogP contribution in [-0.2, 0) is 4.74 Å². The van der Waals surface area contributed by atoms with Crippen LogP contribution < -0.4 is 10.1 Å². The van der Waals surface area contributed by atoms with Gasteiger partial charge in [0.1, 0.15) is 5.75 Å². The molecule has 0 fully saturated rings. The molecule has 0 spiro atoms. The molecule has 18 heavy (non-hydrogen) atoms. The summed E-state index contributed by atoms with van der Waals surface area (Å²) in [5, 5.41) is 3.47. The number of benzene rings is 1. The van der Waals surface area contributed by atoms with Gasteiger partial charge in [0.25, 0.3) is 0 Å². The van der Waals surface area contributed by atoms with Gasteiger partial charge in [0.15, 0.2) is 0 Å². The van der Waals surface area contributed by atoms with Gasteiger partial charge in [-0.05, 0) is 37.5 Å². The minimum absolute atomic E-state index is 0.414. The van der Waals surface area contributed by atoms with E-state index < -0.39 is 0 Å². The van der Waals surface area contributed by atoms with Crippen LogP contribution in [0.3, 0.4) is 0 Å². The van der Waals surface area contributed by atoms with Gasteiger partial charge in [-0.3, -0.25) is 0 Å². The van der Waals surface area contributed by atoms with Gasteiger partial charge in [-0.1, -0.05) is 19.1 Å². The Kier molecular flexibility index (Phi) is 6.76. The summed E-state index contributed by atoms with van der Waals surface area (Å²) in [6.45, 7) is 8.77. The van der Waals surface area contributed by atoms with Crippen molar-refractivity contribution in [1.82, 2.24) is 5.32 Å². The first-order chi connectivity index (χ1) is 8.69. The number of hydrogen-bond donors (Lipinski definition) is 1. The quantitative estimate of drug-likeness (QED) is 0.721. The Labute approximate surface area is 110 Å². The standard InChI is InChI=1S/C15H25NO2/c1-5-18-15-8-6-7-14(11-15)12(2)13(3)16-9-10-17-4/h6-8,11-13,16H,5,9-10H2,1-4H3. The molecule has 1 rings (SSSR count). The molecule has 0 aliphatic rings. The Morgan fingerprint density at radius 2 is 2.06 bits per heavy atom. The van der Waals surface area contributed by atoms with Crippen LogP contribution >= 0.6 is 0 Å². The monoisotopic (exact) mass is 251 g/mol. The maximum absolute atomic E-state index is 5.53. The van der Waals surface area contributed by atoms with Crippen molar-refractivity contribution in [3.05, 3.63) is 29.8 Å². The summed E-state index contributed by atoms with van der Waals surface area (Å²) in [4.78, 5) is 0. The van der Waals surface area contributed by atoms with Crippen LogP contribution in [0.15, 0.2) is 24.3 Å². The molecule has 2 unspecified atom stereocenters. The molecule has 1 N–H and O–H groups in total. The maximum Gasteiger partial charge on any atom is 0.119 e. The smallest absolute Gasteiger partial charge is 0.119 e. The lowest BCUT2D eigenvalue weighted by Gasteiger charge is -2.22. The van der Waals surface area contributed by atoms with Crippen LogP contribution in [0, 0.1) is 0 Å². The fourth-order valence-electron chi connectivity index (χ4n) is 1.91. The predicted octanol–water partition coefficient (Wildman–Crippen LogP) is 2.81. The van der Waals surface area contributed by atoms with Gasteiger partial charge < -0.3 is 14.8 Å². The highest BCUT2D eigenvalue weighted by atomic mass is 16.5. The summed E-state index contributed by atoms with van der Waals surface area (Å²) in [5.74, 6) is 1.40. The highest BCUT2D eigenvalue weighted by Crippen LogP contribution is 2.23. The molecule has 0 amide bonds. The van der Waals surface area contributed by atoms with E-state index in [0.29, 0.717) is 18.6 Å². The third kappa shape index (κ3) is 4.67. The molecule has 1 aromatic rings. The molecule has 2 atom stereocenters. The zero-order valence-corrected chi connectivity index (χ0v) is 11.9. The Morgan fingerprint density at radius 1 is 1.28 bits per heavy atom. The van der Waals surface area contributed by atoms with Crippen LogP contribution in [0.5, 0.6) is 5.75 Å². The van der Waals surface area contributed by atoms with Crippen LogP contribution in [-0.4, -0.2) is 32.9 Å². The van der Waals surface area contributed by atoms with Gasteiger partial charge in [-0.2, -0.15) is 0 Å². The van der Waals surface area contributed by atoms with Crippen molar-refractivity contribution in [3.63, 3.8) is 0 Å². The van der Waals surface area contributed by atoms with Crippen LogP contribution in [0.4, 0.5) is 0 Å². The molecule has 102 valence electrons. The van der Waals surface area contributed by atoms with E-state index >= 15 is 0 Å². The fraction of sp³-hybridized carbons (Fsp3) is 0.600. The molecule has 0 saturated carbocycles. The molecule has 0 aromatic heterocycles. The molecule has 0 heterocycles. The first kappa shape index (κ1) is 15.0. The third-order valence-electron chi connectivity index (χ3n) is 3.22. The van der Waals surface area contributed by atoms with Gasteiger partial charge in [-0.15, -0.1) is 0 Å². The molecule has 0 bridgehead atoms. The average molecular weight is 251 g/mol. The van der Waals surface area contributed by atoms with Crippen molar-refractivity contribution in [2.24, 2.45) is 0 Å². The Bertz CT molecular complexity index is 341. The van der Waals surface area contributed by atoms with Crippen LogP contribution in [0.1, 0.15) is 32.3 Å². The van der Waals surface area contributed by atoms with Crippen LogP contribution in [0.25, 0.3) is 0 Å². The van der Waals surface area contributed by atoms with Gasteiger partial charge in [0.05, 0.1) is 13.2 Å². The summed E-state index contributed by atoms with van der Waals surface area (Å²) in [6, 6.07) is 8.75. The number of rotatable bonds is 8. The van der Waals surface area contributed by atoms with E-state index in [1.807, 2.05) is 13.0 Å². The Hall–Kier alpha value is -1.06. The average Bonchev–Trinajstić information content (AvgIpc) is 2.39. The van der Waals surface area contributed by atoms with Crippen molar-refractivity contribution in [2.75, 3.05) is 26.9 Å². The van der Waals surface area contributed by atoms with E-state index in [-0.39, 0.29) is 0 Å². The minimum Gasteiger partial charge on any atom is -0.494 e. The van der Waals surface area contributed by atoms with Crippen LogP contribution in [0.2, 0.25) is 0 Å². The van der Waals surface area contributed by atoms with Crippen molar-refractivity contribution >= 4 is 0 Å². The second-order valence-corrected chi connectivity index (χ2v) is 4.53. The first-order valence-corrected chi connectivity index (χ1v) is 6.64. The van der Waals surface area contributed by atoms with E-state index in [1.54, 1.807) is 7.11 Å². The molecular weight excluding hydrogens is 226 g/mol. The van der Waals surface area contributed by atoms with Gasteiger partial charge in [0, 0.05) is 19.7 Å². The third-order valence-corrected chi connectivity index (χ3v) is 3.22. The Balaban J connectivity index is 2.58. The lowest BCUT2D eigenvalue weighted by atomic mass is 9.94. The SMILES string of the molecule is CCOc1cccc(C(C)C(C)NCCOC)c1. The molecule has 0 radical (unpaired) electrons. The molecular formula is C15H25NO2. The predicted molar refractivity (Wildman–Crippen MR) is 75.4 cm³/mol. The minimum atomic E-state index is 0.414. The van der Waals surface area contributed by atoms with Gasteiger partial charge >= 0.3 is 0 Å². The highest BCUT2D eigenvalue weighted by molar-refractivity contribution is 5.31. The molecule has 0 saturated heterocycles. The number of nitrogens with one attached hydrogen (secondary N) is 1. The van der Waals surface area contributed by atoms with E-state index in [9.17, 15) is 0 Å². The van der Waals surface area contributed by atoms with Crippen molar-refractivity contribution < 1.29 is 9.47 Å². The summed E-state index contributed by atoms with van der Waals surface area (Å²) in [6.07, 6.45) is 0. The summed E-state index contributed by atoms with van der Waals surface area (Å²) < 4.78 is 10.6. The summed E-state index contributed by atoms with van der Waals surface area (Å²) >= 11 is 0. The van der Waals surface area contributed by atoms with E-state index in [0.717, 1.165) is 18.9 Å². The summed E-state index contributed by atoms with van der Waals surface area (Å²) in [5.41, 5.74) is 1.30. The number of methoxy groups -OCH3 is 1. The van der Waals surface area contributed by atoms with E-state index in [1.165, 1.54) is 5.56 Å². The van der Waals surface area contributed by atoms with Gasteiger partial charge in [-0.25, -0.2) is 0 Å². The lowest BCUT2D eigenvalue weighted by Crippen LogP contribution is -2.33. The molecule has 3 nitrogen and oxygen atoms in total. The summed E-state index contributed by atoms with van der Waals surface area (Å²) in [7, 11) is 1.72. The zero-order chi connectivity index (χ0) is 13.4. The van der Waals surface area contributed by atoms with Gasteiger partial charge in [0.2, 0.25) is 0 Å². The maximum atomic E-state index is 5.53. The second kappa shape index (κ2) is 8.11. The largest absolute Gasteiger partial charge is 0.494 e. The number of ether oxygens (including phenoxy) is 2. The van der Waals surface area contributed by atoms with E-state index in [2.05, 4.69) is 37.4 Å². The fourth-order valence-corrected chi connectivity index (χ4v) is 1.91. The van der Waals surface area contributed by atoms with Crippen molar-refractivity contribution in [3.8, 4) is 5.75 Å². The topological polar surface area (TPSA) is 30.5 Å². The zero-order valence-electron chi connectivity index (χ0n) is 11.9. The Morgan fingerprint density at radius 3 is 2.72 bits per heavy atom. The molecule has 3 heteroatoms. The lowest BCUT2D eigenvalue weighted by molar-refractivity contribution is 0.195.